The van der Waals surface area contributed by atoms with E-state index in [2.05, 4.69) is 10.2 Å². The molecule has 0 bridgehead atoms. The number of rotatable bonds is 5. The molecule has 3 nitrogen and oxygen atoms in total. The molecule has 1 heterocycles. The molecule has 2 aliphatic carbocycles. The summed E-state index contributed by atoms with van der Waals surface area (Å²) in [6.07, 6.45) is 16.7. The highest BCUT2D eigenvalue weighted by Gasteiger charge is 2.38. The minimum Gasteiger partial charge on any atom is -0.354 e. The first-order valence-corrected chi connectivity index (χ1v) is 9.80. The molecule has 0 spiro atoms. The fourth-order valence-corrected chi connectivity index (χ4v) is 4.99. The monoisotopic (exact) mass is 306 g/mol. The Morgan fingerprint density at radius 3 is 2.23 bits per heavy atom. The van der Waals surface area contributed by atoms with Crippen LogP contribution in [-0.2, 0) is 4.79 Å². The summed E-state index contributed by atoms with van der Waals surface area (Å²) in [4.78, 5) is 15.1. The van der Waals surface area contributed by atoms with Gasteiger partial charge in [-0.1, -0.05) is 38.5 Å². The van der Waals surface area contributed by atoms with Gasteiger partial charge in [-0.2, -0.15) is 0 Å². The summed E-state index contributed by atoms with van der Waals surface area (Å²) in [5.74, 6) is 0.978. The fraction of sp³-hybridized carbons (Fsp3) is 0.947. The van der Waals surface area contributed by atoms with Crippen molar-refractivity contribution in [2.45, 2.75) is 89.0 Å². The number of hydrogen-bond acceptors (Lipinski definition) is 2. The first kappa shape index (κ1) is 16.3. The third-order valence-corrected chi connectivity index (χ3v) is 6.37. The molecule has 0 aromatic heterocycles. The molecule has 22 heavy (non-hydrogen) atoms. The zero-order valence-electron chi connectivity index (χ0n) is 14.2. The van der Waals surface area contributed by atoms with Crippen molar-refractivity contribution in [3.05, 3.63) is 0 Å². The van der Waals surface area contributed by atoms with Crippen LogP contribution in [0.15, 0.2) is 0 Å². The van der Waals surface area contributed by atoms with E-state index >= 15 is 0 Å². The molecule has 0 radical (unpaired) electrons. The van der Waals surface area contributed by atoms with Gasteiger partial charge in [0.15, 0.2) is 0 Å². The second kappa shape index (κ2) is 7.81. The Labute approximate surface area is 136 Å². The van der Waals surface area contributed by atoms with Crippen molar-refractivity contribution in [2.75, 3.05) is 19.6 Å². The molecule has 1 saturated heterocycles. The first-order chi connectivity index (χ1) is 10.8. The van der Waals surface area contributed by atoms with E-state index in [4.69, 9.17) is 0 Å². The van der Waals surface area contributed by atoms with Crippen LogP contribution in [0.3, 0.4) is 0 Å². The van der Waals surface area contributed by atoms with Crippen LogP contribution in [0.25, 0.3) is 0 Å². The van der Waals surface area contributed by atoms with Gasteiger partial charge in [-0.3, -0.25) is 9.69 Å². The predicted octanol–water partition coefficient (Wildman–Crippen LogP) is 3.87. The maximum absolute atomic E-state index is 12.3. The second-order valence-corrected chi connectivity index (χ2v) is 7.96. The van der Waals surface area contributed by atoms with Crippen molar-refractivity contribution in [3.63, 3.8) is 0 Å². The van der Waals surface area contributed by atoms with E-state index in [1.807, 2.05) is 0 Å². The molecule has 3 aliphatic rings. The molecule has 1 amide bonds. The molecule has 1 N–H and O–H groups in total. The van der Waals surface area contributed by atoms with Gasteiger partial charge in [0.2, 0.25) is 5.91 Å². The SMILES string of the molecule is O=C(CC1CCCC1)NCC1(N2CCCCC2)CCCCC1. The Morgan fingerprint density at radius 2 is 1.55 bits per heavy atom. The minimum absolute atomic E-state index is 0.282. The van der Waals surface area contributed by atoms with E-state index in [-0.39, 0.29) is 5.54 Å². The van der Waals surface area contributed by atoms with E-state index in [1.54, 1.807) is 0 Å². The van der Waals surface area contributed by atoms with Crippen molar-refractivity contribution in [3.8, 4) is 0 Å². The summed E-state index contributed by atoms with van der Waals surface area (Å²) in [5.41, 5.74) is 0.282. The summed E-state index contributed by atoms with van der Waals surface area (Å²) >= 11 is 0. The third kappa shape index (κ3) is 4.04. The van der Waals surface area contributed by atoms with Crippen LogP contribution >= 0.6 is 0 Å². The average molecular weight is 306 g/mol. The van der Waals surface area contributed by atoms with Crippen LogP contribution in [0.2, 0.25) is 0 Å². The summed E-state index contributed by atoms with van der Waals surface area (Å²) in [5, 5.41) is 3.34. The van der Waals surface area contributed by atoms with Crippen LogP contribution in [0.4, 0.5) is 0 Å². The first-order valence-electron chi connectivity index (χ1n) is 9.80. The molecule has 0 aromatic carbocycles. The lowest BCUT2D eigenvalue weighted by Gasteiger charge is -2.48. The molecule has 0 atom stereocenters. The minimum atomic E-state index is 0.282. The van der Waals surface area contributed by atoms with Gasteiger partial charge in [-0.05, 0) is 57.5 Å². The molecular formula is C19H34N2O. The Hall–Kier alpha value is -0.570. The lowest BCUT2D eigenvalue weighted by molar-refractivity contribution is -0.123. The summed E-state index contributed by atoms with van der Waals surface area (Å²) < 4.78 is 0. The van der Waals surface area contributed by atoms with E-state index in [9.17, 15) is 4.79 Å². The molecular weight excluding hydrogens is 272 g/mol. The fourth-order valence-electron chi connectivity index (χ4n) is 4.99. The topological polar surface area (TPSA) is 32.3 Å². The van der Waals surface area contributed by atoms with Gasteiger partial charge in [0.05, 0.1) is 0 Å². The van der Waals surface area contributed by atoms with E-state index in [0.29, 0.717) is 11.8 Å². The zero-order chi connectivity index (χ0) is 15.3. The number of likely N-dealkylation sites (tertiary alicyclic amines) is 1. The van der Waals surface area contributed by atoms with Crippen LogP contribution in [0, 0.1) is 5.92 Å². The van der Waals surface area contributed by atoms with E-state index < -0.39 is 0 Å². The highest BCUT2D eigenvalue weighted by molar-refractivity contribution is 5.76. The Morgan fingerprint density at radius 1 is 0.909 bits per heavy atom. The molecule has 126 valence electrons. The lowest BCUT2D eigenvalue weighted by atomic mass is 9.79. The van der Waals surface area contributed by atoms with E-state index in [0.717, 1.165) is 13.0 Å². The highest BCUT2D eigenvalue weighted by Crippen LogP contribution is 2.35. The number of nitrogens with one attached hydrogen (secondary N) is 1. The summed E-state index contributed by atoms with van der Waals surface area (Å²) in [6.45, 7) is 3.40. The van der Waals surface area contributed by atoms with Crippen molar-refractivity contribution < 1.29 is 4.79 Å². The summed E-state index contributed by atoms with van der Waals surface area (Å²) in [6, 6.07) is 0. The molecule has 2 saturated carbocycles. The van der Waals surface area contributed by atoms with Gasteiger partial charge in [-0.25, -0.2) is 0 Å². The van der Waals surface area contributed by atoms with Gasteiger partial charge in [0.1, 0.15) is 0 Å². The van der Waals surface area contributed by atoms with Gasteiger partial charge in [-0.15, -0.1) is 0 Å². The van der Waals surface area contributed by atoms with Gasteiger partial charge >= 0.3 is 0 Å². The van der Waals surface area contributed by atoms with Crippen LogP contribution < -0.4 is 5.32 Å². The number of carbonyl (C=O) groups excluding carboxylic acids is 1. The number of amides is 1. The number of hydrogen-bond donors (Lipinski definition) is 1. The van der Waals surface area contributed by atoms with Crippen molar-refractivity contribution >= 4 is 5.91 Å². The number of piperidine rings is 1. The molecule has 0 unspecified atom stereocenters. The molecule has 3 rings (SSSR count). The van der Waals surface area contributed by atoms with Gasteiger partial charge in [0.25, 0.3) is 0 Å². The molecule has 0 aromatic rings. The smallest absolute Gasteiger partial charge is 0.220 e. The normalized spacial score (nSPS) is 26.9. The highest BCUT2D eigenvalue weighted by atomic mass is 16.1. The molecule has 3 heteroatoms. The zero-order valence-corrected chi connectivity index (χ0v) is 14.2. The molecule has 1 aliphatic heterocycles. The van der Waals surface area contributed by atoms with Crippen molar-refractivity contribution in [1.82, 2.24) is 10.2 Å². The lowest BCUT2D eigenvalue weighted by Crippen LogP contribution is -2.58. The van der Waals surface area contributed by atoms with Crippen LogP contribution in [-0.4, -0.2) is 36.0 Å². The van der Waals surface area contributed by atoms with Crippen LogP contribution in [0.5, 0.6) is 0 Å². The maximum atomic E-state index is 12.3. The van der Waals surface area contributed by atoms with Crippen LogP contribution in [0.1, 0.15) is 83.5 Å². The quantitative estimate of drug-likeness (QED) is 0.836. The predicted molar refractivity (Wildman–Crippen MR) is 90.8 cm³/mol. The van der Waals surface area contributed by atoms with E-state index in [1.165, 1.54) is 90.1 Å². The average Bonchev–Trinajstić information content (AvgIpc) is 3.08. The largest absolute Gasteiger partial charge is 0.354 e. The standard InChI is InChI=1S/C19H34N2O/c22-18(15-17-9-3-4-10-17)20-16-19(11-5-1-6-12-19)21-13-7-2-8-14-21/h17H,1-16H2,(H,20,22). The molecule has 3 fully saturated rings. The Bertz CT molecular complexity index is 350. The van der Waals surface area contributed by atoms with Gasteiger partial charge < -0.3 is 5.32 Å². The maximum Gasteiger partial charge on any atom is 0.220 e. The van der Waals surface area contributed by atoms with Crippen molar-refractivity contribution in [2.24, 2.45) is 5.92 Å². The van der Waals surface area contributed by atoms with Gasteiger partial charge in [0, 0.05) is 18.5 Å². The summed E-state index contributed by atoms with van der Waals surface area (Å²) in [7, 11) is 0. The third-order valence-electron chi connectivity index (χ3n) is 6.37. The number of carbonyl (C=O) groups is 1. The van der Waals surface area contributed by atoms with Crippen molar-refractivity contribution in [1.29, 1.82) is 0 Å². The Balaban J connectivity index is 1.53. The Kier molecular flexibility index (Phi) is 5.78. The number of nitrogens with zero attached hydrogens (tertiary/aromatic N) is 1. The second-order valence-electron chi connectivity index (χ2n) is 7.96.